The largest absolute Gasteiger partial charge is 0.756 e. The van der Waals surface area contributed by atoms with Gasteiger partial charge in [0.1, 0.15) is 24.1 Å². The number of carbonyl (C=O) groups is 1. The van der Waals surface area contributed by atoms with Crippen LogP contribution in [0.4, 0.5) is 5.82 Å². The summed E-state index contributed by atoms with van der Waals surface area (Å²) >= 11 is 0. The number of fused-ring (bicyclic) bond motifs is 1. The molecule has 1 aromatic rings. The van der Waals surface area contributed by atoms with Gasteiger partial charge in [-0.2, -0.15) is 4.98 Å². The molecule has 14 heteroatoms. The van der Waals surface area contributed by atoms with E-state index in [0.717, 1.165) is 4.57 Å². The number of hydrogen-bond donors (Lipinski definition) is 4. The Morgan fingerprint density at radius 3 is 2.68 bits per heavy atom. The standard InChI is InChI=1S/C17H22N3O10P/c18-12-1-2-20(17(25)19-12)15-14(22)13(21)11(30-15)6-29-31(26,27)28-5-10-8-3-7(16(23)24)4-9(8)10/h1-3,8-11,13-15,21-22H,4-6H2,(H,23,24)(H,26,27)(H2,18,19,25)/p-1/t8?,9?,10?,11-,13?,14?,15-/m1/s1. The number of aromatic nitrogens is 2. The Morgan fingerprint density at radius 2 is 2.06 bits per heavy atom. The van der Waals surface area contributed by atoms with Crippen LogP contribution in [-0.4, -0.2) is 62.4 Å². The van der Waals surface area contributed by atoms with E-state index >= 15 is 0 Å². The van der Waals surface area contributed by atoms with E-state index in [1.165, 1.54) is 12.3 Å². The third kappa shape index (κ3) is 4.44. The minimum atomic E-state index is -4.74. The van der Waals surface area contributed by atoms with Crippen molar-refractivity contribution in [2.24, 2.45) is 17.8 Å². The van der Waals surface area contributed by atoms with Gasteiger partial charge in [-0.25, -0.2) is 9.59 Å². The third-order valence-electron chi connectivity index (χ3n) is 5.81. The molecule has 2 fully saturated rings. The normalized spacial score (nSPS) is 36.0. The maximum atomic E-state index is 12.0. The summed E-state index contributed by atoms with van der Waals surface area (Å²) < 4.78 is 28.0. The van der Waals surface area contributed by atoms with Crippen LogP contribution in [0.15, 0.2) is 28.7 Å². The summed E-state index contributed by atoms with van der Waals surface area (Å²) in [7, 11) is -4.74. The van der Waals surface area contributed by atoms with Crippen LogP contribution >= 0.6 is 7.82 Å². The van der Waals surface area contributed by atoms with Crippen molar-refractivity contribution in [1.29, 1.82) is 0 Å². The molecule has 31 heavy (non-hydrogen) atoms. The van der Waals surface area contributed by atoms with Crippen LogP contribution in [-0.2, 0) is 23.1 Å². The second-order valence-electron chi connectivity index (χ2n) is 7.73. The lowest BCUT2D eigenvalue weighted by molar-refractivity contribution is -0.229. The average molecular weight is 458 g/mol. The zero-order valence-electron chi connectivity index (χ0n) is 16.0. The number of carboxylic acid groups (broad SMARTS) is 1. The van der Waals surface area contributed by atoms with Gasteiger partial charge in [-0.15, -0.1) is 0 Å². The van der Waals surface area contributed by atoms with Gasteiger partial charge >= 0.3 is 11.7 Å². The Morgan fingerprint density at radius 1 is 1.35 bits per heavy atom. The van der Waals surface area contributed by atoms with Crippen LogP contribution < -0.4 is 16.3 Å². The van der Waals surface area contributed by atoms with Crippen molar-refractivity contribution >= 4 is 19.6 Å². The summed E-state index contributed by atoms with van der Waals surface area (Å²) in [5.74, 6) is -1.08. The van der Waals surface area contributed by atoms with Gasteiger partial charge in [-0.3, -0.25) is 9.13 Å². The van der Waals surface area contributed by atoms with Crippen LogP contribution in [0, 0.1) is 17.8 Å². The zero-order valence-corrected chi connectivity index (χ0v) is 16.9. The number of hydrogen-bond acceptors (Lipinski definition) is 11. The maximum absolute atomic E-state index is 12.0. The molecule has 1 saturated carbocycles. The topological polar surface area (TPSA) is 206 Å². The van der Waals surface area contributed by atoms with Gasteiger partial charge in [0.05, 0.1) is 13.2 Å². The molecule has 3 aliphatic rings. The third-order valence-corrected chi connectivity index (χ3v) is 6.74. The highest BCUT2D eigenvalue weighted by atomic mass is 31.2. The van der Waals surface area contributed by atoms with Gasteiger partial charge in [0.25, 0.3) is 7.82 Å². The van der Waals surface area contributed by atoms with Crippen LogP contribution in [0.3, 0.4) is 0 Å². The van der Waals surface area contributed by atoms with E-state index < -0.39 is 50.6 Å². The van der Waals surface area contributed by atoms with Crippen molar-refractivity contribution < 1.29 is 43.4 Å². The fourth-order valence-electron chi connectivity index (χ4n) is 4.05. The Bertz CT molecular complexity index is 1010. The van der Waals surface area contributed by atoms with Crippen molar-refractivity contribution in [2.75, 3.05) is 18.9 Å². The minimum Gasteiger partial charge on any atom is -0.756 e. The highest BCUT2D eigenvalue weighted by molar-refractivity contribution is 7.45. The molecule has 2 aliphatic carbocycles. The molecular formula is C17H21N3O10P-. The second kappa shape index (κ2) is 8.10. The predicted molar refractivity (Wildman–Crippen MR) is 99.1 cm³/mol. The molecule has 170 valence electrons. The van der Waals surface area contributed by atoms with Crippen molar-refractivity contribution in [3.63, 3.8) is 0 Å². The fraction of sp³-hybridized carbons (Fsp3) is 0.588. The van der Waals surface area contributed by atoms with E-state index in [4.69, 9.17) is 24.6 Å². The van der Waals surface area contributed by atoms with Crippen LogP contribution in [0.25, 0.3) is 0 Å². The summed E-state index contributed by atoms with van der Waals surface area (Å²) in [6.45, 7) is -0.793. The minimum absolute atomic E-state index is 0.0196. The van der Waals surface area contributed by atoms with Crippen molar-refractivity contribution in [2.45, 2.75) is 31.0 Å². The number of anilines is 1. The first-order valence-electron chi connectivity index (χ1n) is 9.48. The second-order valence-corrected chi connectivity index (χ2v) is 9.14. The van der Waals surface area contributed by atoms with Crippen LogP contribution in [0.5, 0.6) is 0 Å². The summed E-state index contributed by atoms with van der Waals surface area (Å²) in [6.07, 6.45) is -2.41. The number of nitrogens with zero attached hydrogens (tertiary/aromatic N) is 2. The molecule has 1 aliphatic heterocycles. The number of carboxylic acids is 1. The van der Waals surface area contributed by atoms with Crippen molar-refractivity contribution in [3.8, 4) is 0 Å². The maximum Gasteiger partial charge on any atom is 0.351 e. The van der Waals surface area contributed by atoms with Gasteiger partial charge < -0.3 is 39.7 Å². The summed E-state index contributed by atoms with van der Waals surface area (Å²) in [4.78, 5) is 38.4. The van der Waals surface area contributed by atoms with Gasteiger partial charge in [-0.1, -0.05) is 6.08 Å². The highest BCUT2D eigenvalue weighted by Crippen LogP contribution is 2.57. The number of rotatable bonds is 8. The zero-order chi connectivity index (χ0) is 22.5. The molecule has 1 aromatic heterocycles. The molecule has 4 rings (SSSR count). The fourth-order valence-corrected chi connectivity index (χ4v) is 4.81. The molecule has 0 spiro atoms. The Kier molecular flexibility index (Phi) is 5.77. The summed E-state index contributed by atoms with van der Waals surface area (Å²) in [5.41, 5.74) is 4.92. The van der Waals surface area contributed by atoms with Gasteiger partial charge in [0.15, 0.2) is 6.23 Å². The van der Waals surface area contributed by atoms with E-state index in [2.05, 4.69) is 4.98 Å². The molecule has 1 saturated heterocycles. The monoisotopic (exact) mass is 458 g/mol. The number of allylic oxidation sites excluding steroid dienone is 1. The number of aliphatic hydroxyl groups is 2. The van der Waals surface area contributed by atoms with Crippen LogP contribution in [0.2, 0.25) is 0 Å². The van der Waals surface area contributed by atoms with E-state index in [-0.39, 0.29) is 30.2 Å². The Hall–Kier alpha value is -2.12. The first-order valence-corrected chi connectivity index (χ1v) is 10.9. The van der Waals surface area contributed by atoms with E-state index in [9.17, 15) is 29.3 Å². The molecule has 2 heterocycles. The average Bonchev–Trinajstić information content (AvgIpc) is 3.01. The first kappa shape index (κ1) is 22.1. The number of aliphatic carboxylic acids is 1. The number of nitrogen functional groups attached to an aromatic ring is 1. The van der Waals surface area contributed by atoms with Crippen molar-refractivity contribution in [3.05, 3.63) is 34.4 Å². The predicted octanol–water partition coefficient (Wildman–Crippen LogP) is -1.78. The molecule has 0 amide bonds. The molecule has 0 radical (unpaired) electrons. The Balaban J connectivity index is 1.29. The summed E-state index contributed by atoms with van der Waals surface area (Å²) in [5, 5.41) is 29.2. The SMILES string of the molecule is Nc1ccn([C@@H]2O[C@H](COP(=O)([O-])OCC3C4C=C(C(=O)O)CC43)C(O)C2O)c(=O)n1. The lowest BCUT2D eigenvalue weighted by Gasteiger charge is -2.25. The lowest BCUT2D eigenvalue weighted by atomic mass is 10.1. The van der Waals surface area contributed by atoms with E-state index in [1.54, 1.807) is 6.08 Å². The smallest absolute Gasteiger partial charge is 0.351 e. The number of aliphatic hydroxyl groups excluding tert-OH is 2. The van der Waals surface area contributed by atoms with Gasteiger partial charge in [0, 0.05) is 11.8 Å². The van der Waals surface area contributed by atoms with Gasteiger partial charge in [0.2, 0.25) is 0 Å². The molecule has 13 nitrogen and oxygen atoms in total. The van der Waals surface area contributed by atoms with E-state index in [0.29, 0.717) is 12.0 Å². The lowest BCUT2D eigenvalue weighted by Crippen LogP contribution is -2.36. The van der Waals surface area contributed by atoms with Crippen molar-refractivity contribution in [1.82, 2.24) is 9.55 Å². The molecule has 0 aromatic carbocycles. The Labute approximate surface area is 175 Å². The van der Waals surface area contributed by atoms with Gasteiger partial charge in [-0.05, 0) is 30.2 Å². The van der Waals surface area contributed by atoms with Crippen LogP contribution in [0.1, 0.15) is 12.6 Å². The molecule has 5 N–H and O–H groups in total. The van der Waals surface area contributed by atoms with E-state index in [1.807, 2.05) is 0 Å². The number of phosphoric ester groups is 1. The molecule has 0 bridgehead atoms. The number of nitrogens with two attached hydrogens (primary N) is 1. The highest BCUT2D eigenvalue weighted by Gasteiger charge is 2.53. The number of phosphoric acid groups is 1. The molecule has 8 atom stereocenters. The number of ether oxygens (including phenoxy) is 1. The molecule has 6 unspecified atom stereocenters. The quantitative estimate of drug-likeness (QED) is 0.319. The first-order chi connectivity index (χ1) is 14.6. The molecular weight excluding hydrogens is 437 g/mol. The summed E-state index contributed by atoms with van der Waals surface area (Å²) in [6, 6.07) is 1.30.